The maximum Gasteiger partial charge on any atom is 0.0903 e. The molecule has 1 unspecified atom stereocenters. The molecule has 0 saturated carbocycles. The van der Waals surface area contributed by atoms with Crippen LogP contribution in [0.4, 0.5) is 0 Å². The topological polar surface area (TPSA) is 41.5 Å². The third-order valence-electron chi connectivity index (χ3n) is 2.87. The molecule has 0 heterocycles. The Morgan fingerprint density at radius 1 is 1.29 bits per heavy atom. The van der Waals surface area contributed by atoms with E-state index in [1.54, 1.807) is 0 Å². The Kier molecular flexibility index (Phi) is 5.62. The number of nitrogens with one attached hydrogen (secondary N) is 1. The molecule has 3 nitrogen and oxygen atoms in total. The van der Waals surface area contributed by atoms with E-state index in [1.807, 2.05) is 37.4 Å². The molecule has 0 aliphatic carbocycles. The van der Waals surface area contributed by atoms with E-state index in [9.17, 15) is 5.11 Å². The van der Waals surface area contributed by atoms with E-state index in [0.717, 1.165) is 5.56 Å². The Balaban J connectivity index is 2.75. The molecule has 0 bridgehead atoms. The zero-order valence-electron chi connectivity index (χ0n) is 10.9. The summed E-state index contributed by atoms with van der Waals surface area (Å²) in [5, 5.41) is 12.8. The summed E-state index contributed by atoms with van der Waals surface area (Å²) in [5.74, 6) is 0.499. The lowest BCUT2D eigenvalue weighted by atomic mass is 9.92. The molecule has 0 fully saturated rings. The molecule has 3 heteroatoms. The van der Waals surface area contributed by atoms with Crippen LogP contribution in [0, 0.1) is 5.92 Å². The fraction of sp³-hybridized carbons (Fsp3) is 0.571. The van der Waals surface area contributed by atoms with Crippen LogP contribution in [0.3, 0.4) is 0 Å². The number of likely N-dealkylation sites (N-methyl/N-ethyl adjacent to an activating group) is 1. The van der Waals surface area contributed by atoms with Gasteiger partial charge >= 0.3 is 0 Å². The standard InChI is InChI=1S/C14H23NO2/c1-12(2)9-17-11-14(10-16,15-3)13-7-5-4-6-8-13/h4-8,12,15-16H,9-11H2,1-3H3. The smallest absolute Gasteiger partial charge is 0.0903 e. The van der Waals surface area contributed by atoms with Crippen molar-refractivity contribution < 1.29 is 9.84 Å². The number of rotatable bonds is 7. The fourth-order valence-electron chi connectivity index (χ4n) is 1.74. The maximum absolute atomic E-state index is 9.65. The largest absolute Gasteiger partial charge is 0.394 e. The predicted octanol–water partition coefficient (Wildman–Crippen LogP) is 1.77. The van der Waals surface area contributed by atoms with Crippen molar-refractivity contribution in [3.05, 3.63) is 35.9 Å². The first-order chi connectivity index (χ1) is 8.14. The molecule has 1 atom stereocenters. The van der Waals surface area contributed by atoms with Crippen LogP contribution in [0.5, 0.6) is 0 Å². The Bertz CT molecular complexity index is 307. The van der Waals surface area contributed by atoms with E-state index in [1.165, 1.54) is 0 Å². The summed E-state index contributed by atoms with van der Waals surface area (Å²) in [6.45, 7) is 5.43. The monoisotopic (exact) mass is 237 g/mol. The normalized spacial score (nSPS) is 14.9. The Morgan fingerprint density at radius 3 is 2.41 bits per heavy atom. The number of ether oxygens (including phenoxy) is 1. The first-order valence-electron chi connectivity index (χ1n) is 6.07. The van der Waals surface area contributed by atoms with Gasteiger partial charge in [0.05, 0.1) is 18.8 Å². The molecule has 0 saturated heterocycles. The molecule has 0 aromatic heterocycles. The van der Waals surface area contributed by atoms with Crippen LogP contribution < -0.4 is 5.32 Å². The first-order valence-corrected chi connectivity index (χ1v) is 6.07. The molecule has 96 valence electrons. The number of hydrogen-bond donors (Lipinski definition) is 2. The van der Waals surface area contributed by atoms with Gasteiger partial charge < -0.3 is 15.2 Å². The van der Waals surface area contributed by atoms with Crippen LogP contribution in [0.1, 0.15) is 19.4 Å². The minimum absolute atomic E-state index is 0.0195. The lowest BCUT2D eigenvalue weighted by Gasteiger charge is -2.32. The SMILES string of the molecule is CNC(CO)(COCC(C)C)c1ccccc1. The van der Waals surface area contributed by atoms with Gasteiger partial charge in [0.1, 0.15) is 0 Å². The van der Waals surface area contributed by atoms with Crippen molar-refractivity contribution in [2.75, 3.05) is 26.9 Å². The van der Waals surface area contributed by atoms with Gasteiger partial charge in [0.2, 0.25) is 0 Å². The number of benzene rings is 1. The van der Waals surface area contributed by atoms with Gasteiger partial charge in [-0.05, 0) is 18.5 Å². The predicted molar refractivity (Wildman–Crippen MR) is 69.9 cm³/mol. The molecular formula is C14H23NO2. The molecule has 0 aliphatic heterocycles. The molecule has 2 N–H and O–H groups in total. The Labute approximate surface area is 104 Å². The van der Waals surface area contributed by atoms with Crippen LogP contribution in [-0.4, -0.2) is 32.0 Å². The molecule has 0 spiro atoms. The third-order valence-corrected chi connectivity index (χ3v) is 2.87. The summed E-state index contributed by atoms with van der Waals surface area (Å²) in [6, 6.07) is 9.92. The van der Waals surface area contributed by atoms with Gasteiger partial charge in [0.15, 0.2) is 0 Å². The second kappa shape index (κ2) is 6.74. The summed E-state index contributed by atoms with van der Waals surface area (Å²) < 4.78 is 5.67. The molecule has 0 amide bonds. The van der Waals surface area contributed by atoms with E-state index in [-0.39, 0.29) is 6.61 Å². The van der Waals surface area contributed by atoms with Gasteiger partial charge in [-0.1, -0.05) is 44.2 Å². The van der Waals surface area contributed by atoms with Crippen LogP contribution in [0.25, 0.3) is 0 Å². The van der Waals surface area contributed by atoms with Crippen molar-refractivity contribution in [3.8, 4) is 0 Å². The van der Waals surface area contributed by atoms with Crippen molar-refractivity contribution in [3.63, 3.8) is 0 Å². The van der Waals surface area contributed by atoms with Gasteiger partial charge in [0, 0.05) is 6.61 Å². The highest BCUT2D eigenvalue weighted by atomic mass is 16.5. The molecule has 17 heavy (non-hydrogen) atoms. The lowest BCUT2D eigenvalue weighted by Crippen LogP contribution is -2.47. The van der Waals surface area contributed by atoms with Crippen LogP contribution in [-0.2, 0) is 10.3 Å². The third kappa shape index (κ3) is 3.80. The highest BCUT2D eigenvalue weighted by molar-refractivity contribution is 5.24. The minimum Gasteiger partial charge on any atom is -0.394 e. The zero-order valence-corrected chi connectivity index (χ0v) is 10.9. The van der Waals surface area contributed by atoms with Crippen molar-refractivity contribution in [1.29, 1.82) is 0 Å². The van der Waals surface area contributed by atoms with Crippen molar-refractivity contribution in [2.45, 2.75) is 19.4 Å². The zero-order chi connectivity index (χ0) is 12.7. The van der Waals surface area contributed by atoms with Gasteiger partial charge in [-0.2, -0.15) is 0 Å². The van der Waals surface area contributed by atoms with Crippen LogP contribution >= 0.6 is 0 Å². The van der Waals surface area contributed by atoms with Crippen LogP contribution in [0.15, 0.2) is 30.3 Å². The van der Waals surface area contributed by atoms with Crippen molar-refractivity contribution in [1.82, 2.24) is 5.32 Å². The number of aliphatic hydroxyl groups excluding tert-OH is 1. The highest BCUT2D eigenvalue weighted by Crippen LogP contribution is 2.20. The summed E-state index contributed by atoms with van der Waals surface area (Å²) in [6.07, 6.45) is 0. The van der Waals surface area contributed by atoms with E-state index >= 15 is 0 Å². The molecule has 1 rings (SSSR count). The number of aliphatic hydroxyl groups is 1. The van der Waals surface area contributed by atoms with Gasteiger partial charge in [-0.25, -0.2) is 0 Å². The highest BCUT2D eigenvalue weighted by Gasteiger charge is 2.29. The molecule has 1 aromatic rings. The molecule has 1 aromatic carbocycles. The van der Waals surface area contributed by atoms with Gasteiger partial charge in [-0.3, -0.25) is 0 Å². The summed E-state index contributed by atoms with van der Waals surface area (Å²) in [7, 11) is 1.85. The van der Waals surface area contributed by atoms with E-state index in [0.29, 0.717) is 19.1 Å². The molecule has 0 radical (unpaired) electrons. The van der Waals surface area contributed by atoms with Crippen molar-refractivity contribution in [2.24, 2.45) is 5.92 Å². The molecule has 0 aliphatic rings. The Morgan fingerprint density at radius 2 is 1.94 bits per heavy atom. The van der Waals surface area contributed by atoms with E-state index in [4.69, 9.17) is 4.74 Å². The number of hydrogen-bond acceptors (Lipinski definition) is 3. The lowest BCUT2D eigenvalue weighted by molar-refractivity contribution is 0.0261. The molecular weight excluding hydrogens is 214 g/mol. The van der Waals surface area contributed by atoms with Crippen molar-refractivity contribution >= 4 is 0 Å². The summed E-state index contributed by atoms with van der Waals surface area (Å²) in [5.41, 5.74) is 0.546. The van der Waals surface area contributed by atoms with Crippen LogP contribution in [0.2, 0.25) is 0 Å². The average Bonchev–Trinajstić information content (AvgIpc) is 2.36. The summed E-state index contributed by atoms with van der Waals surface area (Å²) >= 11 is 0. The van der Waals surface area contributed by atoms with Gasteiger partial charge in [0.25, 0.3) is 0 Å². The maximum atomic E-state index is 9.65. The van der Waals surface area contributed by atoms with E-state index < -0.39 is 5.54 Å². The Hall–Kier alpha value is -0.900. The van der Waals surface area contributed by atoms with Gasteiger partial charge in [-0.15, -0.1) is 0 Å². The average molecular weight is 237 g/mol. The summed E-state index contributed by atoms with van der Waals surface area (Å²) in [4.78, 5) is 0. The quantitative estimate of drug-likeness (QED) is 0.759. The fourth-order valence-corrected chi connectivity index (χ4v) is 1.74. The van der Waals surface area contributed by atoms with E-state index in [2.05, 4.69) is 19.2 Å². The second-order valence-electron chi connectivity index (χ2n) is 4.77. The minimum atomic E-state index is -0.504. The first kappa shape index (κ1) is 14.2. The second-order valence-corrected chi connectivity index (χ2v) is 4.77.